The summed E-state index contributed by atoms with van der Waals surface area (Å²) in [6.07, 6.45) is -1.68. The van der Waals surface area contributed by atoms with Gasteiger partial charge in [-0.05, 0) is 18.2 Å². The van der Waals surface area contributed by atoms with Gasteiger partial charge in [0.1, 0.15) is 5.58 Å². The third kappa shape index (κ3) is 2.40. The van der Waals surface area contributed by atoms with Crippen molar-refractivity contribution in [1.29, 1.82) is 0 Å². The number of halogens is 3. The van der Waals surface area contributed by atoms with Crippen molar-refractivity contribution < 1.29 is 17.6 Å². The summed E-state index contributed by atoms with van der Waals surface area (Å²) >= 11 is 0. The molecule has 6 heteroatoms. The highest BCUT2D eigenvalue weighted by Crippen LogP contribution is 2.36. The normalized spacial score (nSPS) is 11.8. The third-order valence-electron chi connectivity index (χ3n) is 3.06. The van der Waals surface area contributed by atoms with Crippen LogP contribution in [0.1, 0.15) is 5.56 Å². The zero-order valence-electron chi connectivity index (χ0n) is 10.5. The molecule has 0 atom stereocenters. The first kappa shape index (κ1) is 13.4. The molecule has 3 rings (SSSR count). The molecule has 0 bridgehead atoms. The van der Waals surface area contributed by atoms with Crippen molar-refractivity contribution >= 4 is 11.0 Å². The fourth-order valence-corrected chi connectivity index (χ4v) is 2.12. The molecule has 2 heterocycles. The van der Waals surface area contributed by atoms with Crippen molar-refractivity contribution in [3.8, 4) is 11.1 Å². The molecule has 2 aromatic heterocycles. The van der Waals surface area contributed by atoms with Crippen LogP contribution < -0.4 is 5.63 Å². The second-order valence-corrected chi connectivity index (χ2v) is 4.40. The summed E-state index contributed by atoms with van der Waals surface area (Å²) in [6, 6.07) is 7.74. The van der Waals surface area contributed by atoms with Gasteiger partial charge in [-0.1, -0.05) is 18.2 Å². The molecule has 1 aromatic carbocycles. The average Bonchev–Trinajstić information content (AvgIpc) is 2.45. The van der Waals surface area contributed by atoms with Gasteiger partial charge in [0.25, 0.3) is 0 Å². The third-order valence-corrected chi connectivity index (χ3v) is 3.06. The van der Waals surface area contributed by atoms with Crippen LogP contribution in [0.5, 0.6) is 0 Å². The highest BCUT2D eigenvalue weighted by Gasteiger charge is 2.34. The van der Waals surface area contributed by atoms with E-state index in [0.29, 0.717) is 5.39 Å². The van der Waals surface area contributed by atoms with Crippen LogP contribution in [0.25, 0.3) is 22.1 Å². The van der Waals surface area contributed by atoms with E-state index in [0.717, 1.165) is 6.07 Å². The smallest absolute Gasteiger partial charge is 0.417 e. The SMILES string of the molecule is O=c1oc2ccncc2cc1-c1ccccc1C(F)(F)F. The van der Waals surface area contributed by atoms with E-state index in [-0.39, 0.29) is 16.7 Å². The van der Waals surface area contributed by atoms with E-state index in [4.69, 9.17) is 4.42 Å². The quantitative estimate of drug-likeness (QED) is 0.683. The van der Waals surface area contributed by atoms with Gasteiger partial charge in [-0.2, -0.15) is 13.2 Å². The molecule has 0 aliphatic heterocycles. The Balaban J connectivity index is 2.31. The second-order valence-electron chi connectivity index (χ2n) is 4.40. The Bertz CT molecular complexity index is 868. The first-order valence-electron chi connectivity index (χ1n) is 6.01. The summed E-state index contributed by atoms with van der Waals surface area (Å²) in [4.78, 5) is 15.8. The van der Waals surface area contributed by atoms with Crippen LogP contribution in [-0.2, 0) is 6.18 Å². The topological polar surface area (TPSA) is 43.1 Å². The van der Waals surface area contributed by atoms with Crippen LogP contribution in [0.3, 0.4) is 0 Å². The van der Waals surface area contributed by atoms with Crippen LogP contribution in [-0.4, -0.2) is 4.98 Å². The molecule has 0 aliphatic rings. The maximum absolute atomic E-state index is 13.0. The number of pyridine rings is 1. The van der Waals surface area contributed by atoms with Crippen LogP contribution in [0.15, 0.2) is 58.0 Å². The van der Waals surface area contributed by atoms with Crippen molar-refractivity contribution in [2.45, 2.75) is 6.18 Å². The monoisotopic (exact) mass is 291 g/mol. The molecule has 0 aliphatic carbocycles. The van der Waals surface area contributed by atoms with Crippen LogP contribution in [0.4, 0.5) is 13.2 Å². The molecule has 0 spiro atoms. The van der Waals surface area contributed by atoms with Gasteiger partial charge in [-0.25, -0.2) is 4.79 Å². The minimum absolute atomic E-state index is 0.136. The predicted molar refractivity (Wildman–Crippen MR) is 70.7 cm³/mol. The lowest BCUT2D eigenvalue weighted by atomic mass is 10.00. The Morgan fingerprint density at radius 3 is 2.57 bits per heavy atom. The Labute approximate surface area is 116 Å². The van der Waals surface area contributed by atoms with E-state index in [1.807, 2.05) is 0 Å². The van der Waals surface area contributed by atoms with E-state index in [9.17, 15) is 18.0 Å². The highest BCUT2D eigenvalue weighted by molar-refractivity contribution is 5.81. The molecule has 3 aromatic rings. The summed E-state index contributed by atoms with van der Waals surface area (Å²) in [5.74, 6) is 0. The lowest BCUT2D eigenvalue weighted by Crippen LogP contribution is -2.11. The molecule has 0 N–H and O–H groups in total. The van der Waals surface area contributed by atoms with E-state index in [1.165, 1.54) is 42.7 Å². The van der Waals surface area contributed by atoms with Crippen LogP contribution >= 0.6 is 0 Å². The Morgan fingerprint density at radius 2 is 1.81 bits per heavy atom. The van der Waals surface area contributed by atoms with Gasteiger partial charge in [0.2, 0.25) is 0 Å². The fraction of sp³-hybridized carbons (Fsp3) is 0.0667. The van der Waals surface area contributed by atoms with Crippen LogP contribution in [0, 0.1) is 0 Å². The maximum atomic E-state index is 13.0. The van der Waals surface area contributed by atoms with Crippen molar-refractivity contribution in [3.05, 3.63) is 64.8 Å². The fourth-order valence-electron chi connectivity index (χ4n) is 2.12. The van der Waals surface area contributed by atoms with Crippen molar-refractivity contribution in [3.63, 3.8) is 0 Å². The van der Waals surface area contributed by atoms with Gasteiger partial charge in [0.15, 0.2) is 0 Å². The molecule has 3 nitrogen and oxygen atoms in total. The number of rotatable bonds is 1. The number of hydrogen-bond acceptors (Lipinski definition) is 3. The Morgan fingerprint density at radius 1 is 1.05 bits per heavy atom. The molecule has 0 saturated heterocycles. The molecule has 106 valence electrons. The Hall–Kier alpha value is -2.63. The summed E-state index contributed by atoms with van der Waals surface area (Å²) in [5, 5.41) is 0.462. The number of alkyl halides is 3. The summed E-state index contributed by atoms with van der Waals surface area (Å²) < 4.78 is 44.2. The number of hydrogen-bond donors (Lipinski definition) is 0. The first-order valence-corrected chi connectivity index (χ1v) is 6.01. The number of aromatic nitrogens is 1. The van der Waals surface area contributed by atoms with E-state index in [2.05, 4.69) is 4.98 Å². The molecule has 0 unspecified atom stereocenters. The van der Waals surface area contributed by atoms with Gasteiger partial charge < -0.3 is 4.42 Å². The zero-order valence-corrected chi connectivity index (χ0v) is 10.5. The predicted octanol–water partition coefficient (Wildman–Crippen LogP) is 3.87. The average molecular weight is 291 g/mol. The van der Waals surface area contributed by atoms with Gasteiger partial charge in [0.05, 0.1) is 11.1 Å². The molecule has 0 saturated carbocycles. The van der Waals surface area contributed by atoms with Gasteiger partial charge >= 0.3 is 11.8 Å². The van der Waals surface area contributed by atoms with Gasteiger partial charge in [-0.15, -0.1) is 0 Å². The van der Waals surface area contributed by atoms with Gasteiger partial charge in [0, 0.05) is 23.3 Å². The van der Waals surface area contributed by atoms with E-state index in [1.54, 1.807) is 0 Å². The van der Waals surface area contributed by atoms with Crippen molar-refractivity contribution in [2.75, 3.05) is 0 Å². The maximum Gasteiger partial charge on any atom is 0.417 e. The summed E-state index contributed by atoms with van der Waals surface area (Å²) in [5.41, 5.74) is -1.75. The molecule has 0 amide bonds. The lowest BCUT2D eigenvalue weighted by molar-refractivity contribution is -0.137. The van der Waals surface area contributed by atoms with Crippen LogP contribution in [0.2, 0.25) is 0 Å². The minimum Gasteiger partial charge on any atom is -0.422 e. The first-order chi connectivity index (χ1) is 9.97. The standard InChI is InChI=1S/C15H8F3NO2/c16-15(17,18)12-4-2-1-3-10(12)11-7-9-8-19-6-5-13(9)21-14(11)20/h1-8H. The molecular formula is C15H8F3NO2. The molecule has 0 fully saturated rings. The van der Waals surface area contributed by atoms with E-state index < -0.39 is 17.4 Å². The second kappa shape index (κ2) is 4.73. The Kier molecular flexibility index (Phi) is 3.01. The van der Waals surface area contributed by atoms with Crippen molar-refractivity contribution in [1.82, 2.24) is 4.98 Å². The number of benzene rings is 1. The van der Waals surface area contributed by atoms with Gasteiger partial charge in [-0.3, -0.25) is 4.98 Å². The number of nitrogens with zero attached hydrogens (tertiary/aromatic N) is 1. The molecular weight excluding hydrogens is 283 g/mol. The molecule has 0 radical (unpaired) electrons. The number of fused-ring (bicyclic) bond motifs is 1. The zero-order chi connectivity index (χ0) is 15.0. The lowest BCUT2D eigenvalue weighted by Gasteiger charge is -2.12. The van der Waals surface area contributed by atoms with Crippen molar-refractivity contribution in [2.24, 2.45) is 0 Å². The highest BCUT2D eigenvalue weighted by atomic mass is 19.4. The van der Waals surface area contributed by atoms with E-state index >= 15 is 0 Å². The summed E-state index contributed by atoms with van der Waals surface area (Å²) in [7, 11) is 0. The largest absolute Gasteiger partial charge is 0.422 e. The molecule has 21 heavy (non-hydrogen) atoms. The minimum atomic E-state index is -4.55. The summed E-state index contributed by atoms with van der Waals surface area (Å²) in [6.45, 7) is 0.